The van der Waals surface area contributed by atoms with Gasteiger partial charge >= 0.3 is 0 Å². The fourth-order valence-electron chi connectivity index (χ4n) is 3.25. The molecule has 0 unspecified atom stereocenters. The lowest BCUT2D eigenvalue weighted by molar-refractivity contribution is -0.912. The smallest absolute Gasteiger partial charge is 0.0975 e. The van der Waals surface area contributed by atoms with E-state index in [0.29, 0.717) is 0 Å². The summed E-state index contributed by atoms with van der Waals surface area (Å²) in [6, 6.07) is 0. The van der Waals surface area contributed by atoms with Gasteiger partial charge < -0.3 is 4.48 Å². The fourth-order valence-corrected chi connectivity index (χ4v) is 3.25. The first-order chi connectivity index (χ1) is 11.7. The third kappa shape index (κ3) is 14.8. The lowest BCUT2D eigenvalue weighted by Crippen LogP contribution is -2.49. The van der Waals surface area contributed by atoms with Crippen LogP contribution in [-0.2, 0) is 0 Å². The fraction of sp³-hybridized carbons (Fsp3) is 0.739. The maximum Gasteiger partial charge on any atom is 0.0975 e. The van der Waals surface area contributed by atoms with E-state index in [1.807, 2.05) is 32.1 Å². The number of quaternary nitrogens is 1. The molecule has 1 nitrogen and oxygen atoms in total. The third-order valence-electron chi connectivity index (χ3n) is 4.54. The molecular weight excluding hydrogens is 290 g/mol. The Morgan fingerprint density at radius 3 is 1.25 bits per heavy atom. The van der Waals surface area contributed by atoms with Gasteiger partial charge in [-0.3, -0.25) is 0 Å². The standard InChI is InChI=1S/C21H40N.C2H6/c1-5-9-10-11-12-13-14-15-16-17-21-22(18-6-2,19-7-3)20-8-4;1-2/h6-8H,2-5,9-21H2,1H3;1-2H3/q+1;. The SMILES string of the molecule is C=CC[N+](CC=C)(CC=C)CCCCCCCCCCCC.CC. The molecule has 0 rings (SSSR count). The van der Waals surface area contributed by atoms with Crippen molar-refractivity contribution in [3.8, 4) is 0 Å². The van der Waals surface area contributed by atoms with Gasteiger partial charge in [-0.2, -0.15) is 0 Å². The monoisotopic (exact) mass is 336 g/mol. The average molecular weight is 337 g/mol. The van der Waals surface area contributed by atoms with E-state index < -0.39 is 0 Å². The molecule has 0 N–H and O–H groups in total. The molecule has 24 heavy (non-hydrogen) atoms. The van der Waals surface area contributed by atoms with Gasteiger partial charge in [0.1, 0.15) is 0 Å². The topological polar surface area (TPSA) is 0 Å². The first-order valence-corrected chi connectivity index (χ1v) is 10.4. The summed E-state index contributed by atoms with van der Waals surface area (Å²) >= 11 is 0. The van der Waals surface area contributed by atoms with Crippen LogP contribution in [0.3, 0.4) is 0 Å². The van der Waals surface area contributed by atoms with Crippen LogP contribution in [0.1, 0.15) is 85.0 Å². The first kappa shape index (κ1) is 25.4. The minimum atomic E-state index is 1.02. The van der Waals surface area contributed by atoms with Gasteiger partial charge in [0.05, 0.1) is 26.2 Å². The number of unbranched alkanes of at least 4 members (excludes halogenated alkanes) is 9. The van der Waals surface area contributed by atoms with E-state index in [1.54, 1.807) is 0 Å². The van der Waals surface area contributed by atoms with E-state index in [0.717, 1.165) is 24.1 Å². The molecular formula is C23H46N+. The molecule has 0 aliphatic carbocycles. The number of rotatable bonds is 17. The van der Waals surface area contributed by atoms with Gasteiger partial charge in [0, 0.05) is 0 Å². The molecule has 0 fully saturated rings. The molecule has 0 aromatic rings. The largest absolute Gasteiger partial charge is 0.314 e. The molecule has 0 saturated heterocycles. The molecule has 0 atom stereocenters. The van der Waals surface area contributed by atoms with Crippen LogP contribution in [0.4, 0.5) is 0 Å². The van der Waals surface area contributed by atoms with E-state index >= 15 is 0 Å². The maximum absolute atomic E-state index is 3.93. The summed E-state index contributed by atoms with van der Waals surface area (Å²) in [5.41, 5.74) is 0. The molecule has 0 aromatic carbocycles. The van der Waals surface area contributed by atoms with Crippen LogP contribution in [0.2, 0.25) is 0 Å². The lowest BCUT2D eigenvalue weighted by Gasteiger charge is -2.36. The van der Waals surface area contributed by atoms with E-state index in [2.05, 4.69) is 26.7 Å². The second-order valence-corrected chi connectivity index (χ2v) is 6.66. The Morgan fingerprint density at radius 2 is 0.917 bits per heavy atom. The van der Waals surface area contributed by atoms with Crippen molar-refractivity contribution in [1.29, 1.82) is 0 Å². The normalized spacial score (nSPS) is 10.6. The molecule has 0 aromatic heterocycles. The third-order valence-corrected chi connectivity index (χ3v) is 4.54. The van der Waals surface area contributed by atoms with E-state index in [-0.39, 0.29) is 0 Å². The second-order valence-electron chi connectivity index (χ2n) is 6.66. The van der Waals surface area contributed by atoms with Crippen LogP contribution in [0.15, 0.2) is 38.0 Å². The van der Waals surface area contributed by atoms with Crippen molar-refractivity contribution in [3.63, 3.8) is 0 Å². The maximum atomic E-state index is 3.93. The van der Waals surface area contributed by atoms with Crippen LogP contribution in [0.5, 0.6) is 0 Å². The van der Waals surface area contributed by atoms with E-state index in [9.17, 15) is 0 Å². The zero-order valence-corrected chi connectivity index (χ0v) is 17.2. The van der Waals surface area contributed by atoms with Crippen molar-refractivity contribution in [1.82, 2.24) is 0 Å². The second kappa shape index (κ2) is 20.2. The molecule has 0 heterocycles. The zero-order chi connectivity index (χ0) is 18.5. The van der Waals surface area contributed by atoms with E-state index in [1.165, 1.54) is 70.8 Å². The summed E-state index contributed by atoms with van der Waals surface area (Å²) < 4.78 is 1.05. The van der Waals surface area contributed by atoms with Gasteiger partial charge in [-0.05, 0) is 31.1 Å². The lowest BCUT2D eigenvalue weighted by atomic mass is 10.1. The van der Waals surface area contributed by atoms with Gasteiger partial charge in [-0.25, -0.2) is 0 Å². The summed E-state index contributed by atoms with van der Waals surface area (Å²) in [5, 5.41) is 0. The Bertz CT molecular complexity index is 253. The summed E-state index contributed by atoms with van der Waals surface area (Å²) in [7, 11) is 0. The van der Waals surface area contributed by atoms with Gasteiger partial charge in [-0.15, -0.1) is 0 Å². The Morgan fingerprint density at radius 1 is 0.583 bits per heavy atom. The Labute approximate surface area is 154 Å². The van der Waals surface area contributed by atoms with Crippen LogP contribution >= 0.6 is 0 Å². The van der Waals surface area contributed by atoms with Gasteiger partial charge in [0.25, 0.3) is 0 Å². The predicted molar refractivity (Wildman–Crippen MR) is 114 cm³/mol. The Kier molecular flexibility index (Phi) is 21.4. The molecule has 0 bridgehead atoms. The Hall–Kier alpha value is -0.820. The summed E-state index contributed by atoms with van der Waals surface area (Å²) in [4.78, 5) is 0. The number of hydrogen-bond donors (Lipinski definition) is 0. The van der Waals surface area contributed by atoms with Crippen molar-refractivity contribution in [2.24, 2.45) is 0 Å². The van der Waals surface area contributed by atoms with Gasteiger partial charge in [0.15, 0.2) is 0 Å². The highest BCUT2D eigenvalue weighted by Crippen LogP contribution is 2.14. The highest BCUT2D eigenvalue weighted by molar-refractivity contribution is 4.76. The molecule has 142 valence electrons. The van der Waals surface area contributed by atoms with Crippen LogP contribution in [0, 0.1) is 0 Å². The molecule has 0 aliphatic heterocycles. The van der Waals surface area contributed by atoms with Crippen molar-refractivity contribution in [2.45, 2.75) is 85.0 Å². The molecule has 0 spiro atoms. The summed E-state index contributed by atoms with van der Waals surface area (Å²) in [5.74, 6) is 0. The zero-order valence-electron chi connectivity index (χ0n) is 17.2. The molecule has 1 heteroatoms. The average Bonchev–Trinajstić information content (AvgIpc) is 2.59. The van der Waals surface area contributed by atoms with Crippen molar-refractivity contribution in [2.75, 3.05) is 26.2 Å². The quantitative estimate of drug-likeness (QED) is 0.148. The molecule has 0 amide bonds. The van der Waals surface area contributed by atoms with Gasteiger partial charge in [0.2, 0.25) is 0 Å². The van der Waals surface area contributed by atoms with Crippen LogP contribution in [0.25, 0.3) is 0 Å². The van der Waals surface area contributed by atoms with Crippen LogP contribution < -0.4 is 0 Å². The minimum Gasteiger partial charge on any atom is -0.314 e. The molecule has 0 radical (unpaired) electrons. The van der Waals surface area contributed by atoms with E-state index in [4.69, 9.17) is 0 Å². The molecule has 0 aliphatic rings. The number of hydrogen-bond acceptors (Lipinski definition) is 0. The minimum absolute atomic E-state index is 1.02. The first-order valence-electron chi connectivity index (χ1n) is 10.4. The van der Waals surface area contributed by atoms with Crippen LogP contribution in [-0.4, -0.2) is 30.7 Å². The predicted octanol–water partition coefficient (Wildman–Crippen LogP) is 7.31. The summed E-state index contributed by atoms with van der Waals surface area (Å²) in [6.07, 6.45) is 20.1. The molecule has 0 saturated carbocycles. The van der Waals surface area contributed by atoms with Crippen molar-refractivity contribution < 1.29 is 4.48 Å². The highest BCUT2D eigenvalue weighted by Gasteiger charge is 2.21. The Balaban J connectivity index is 0. The van der Waals surface area contributed by atoms with Gasteiger partial charge in [-0.1, -0.05) is 91.9 Å². The number of nitrogens with zero attached hydrogens (tertiary/aromatic N) is 1. The van der Waals surface area contributed by atoms with Crippen molar-refractivity contribution >= 4 is 0 Å². The highest BCUT2D eigenvalue weighted by atomic mass is 15.3. The van der Waals surface area contributed by atoms with Crippen molar-refractivity contribution in [3.05, 3.63) is 38.0 Å². The summed E-state index contributed by atoms with van der Waals surface area (Å²) in [6.45, 7) is 22.3.